The van der Waals surface area contributed by atoms with Crippen molar-refractivity contribution in [3.63, 3.8) is 0 Å². The number of fused-ring (bicyclic) bond motifs is 5. The summed E-state index contributed by atoms with van der Waals surface area (Å²) < 4.78 is 0.802. The van der Waals surface area contributed by atoms with Crippen molar-refractivity contribution in [1.82, 2.24) is 4.90 Å². The predicted molar refractivity (Wildman–Crippen MR) is 135 cm³/mol. The quantitative estimate of drug-likeness (QED) is 0.409. The molecule has 0 spiro atoms. The van der Waals surface area contributed by atoms with Crippen LogP contribution in [0.15, 0.2) is 0 Å². The van der Waals surface area contributed by atoms with E-state index in [1.807, 2.05) is 4.90 Å². The number of carbonyl (C=O) groups is 1. The average Bonchev–Trinajstić information content (AvgIpc) is 3.34. The summed E-state index contributed by atoms with van der Waals surface area (Å²) in [7, 11) is 0. The smallest absolute Gasteiger partial charge is 0.228 e. The molecule has 1 heterocycles. The molecule has 0 N–H and O–H groups in total. The summed E-state index contributed by atoms with van der Waals surface area (Å²) in [5.74, 6) is 6.65. The van der Waals surface area contributed by atoms with E-state index in [-0.39, 0.29) is 5.91 Å². The molecule has 4 aliphatic carbocycles. The van der Waals surface area contributed by atoms with Gasteiger partial charge in [0.1, 0.15) is 4.32 Å². The molecule has 5 aliphatic rings. The Labute approximate surface area is 200 Å². The average molecular weight is 462 g/mol. The second kappa shape index (κ2) is 8.60. The summed E-state index contributed by atoms with van der Waals surface area (Å²) in [6.45, 7) is 8.63. The molecule has 1 amide bonds. The molecular formula is C27H43NOS2. The van der Waals surface area contributed by atoms with Crippen LogP contribution in [0.5, 0.6) is 0 Å². The monoisotopic (exact) mass is 461 g/mol. The largest absolute Gasteiger partial charge is 0.297 e. The highest BCUT2D eigenvalue weighted by molar-refractivity contribution is 8.23. The maximum atomic E-state index is 12.7. The third-order valence-corrected chi connectivity index (χ3v) is 12.6. The van der Waals surface area contributed by atoms with Crippen LogP contribution in [-0.4, -0.2) is 27.4 Å². The third-order valence-electron chi connectivity index (χ3n) is 11.2. The first-order valence-electron chi connectivity index (χ1n) is 13.3. The molecule has 4 saturated carbocycles. The lowest BCUT2D eigenvalue weighted by molar-refractivity contribution is -0.127. The minimum Gasteiger partial charge on any atom is -0.297 e. The molecule has 4 heteroatoms. The molecule has 174 valence electrons. The van der Waals surface area contributed by atoms with Crippen LogP contribution >= 0.6 is 24.0 Å². The van der Waals surface area contributed by atoms with Crippen LogP contribution in [0.1, 0.15) is 97.8 Å². The Morgan fingerprint density at radius 3 is 2.65 bits per heavy atom. The maximum absolute atomic E-state index is 12.7. The molecule has 1 aliphatic heterocycles. The van der Waals surface area contributed by atoms with Gasteiger partial charge in [0.05, 0.1) is 0 Å². The third kappa shape index (κ3) is 3.74. The first-order chi connectivity index (χ1) is 14.8. The Bertz CT molecular complexity index is 724. The van der Waals surface area contributed by atoms with Gasteiger partial charge in [-0.1, -0.05) is 57.6 Å². The van der Waals surface area contributed by atoms with Gasteiger partial charge in [-0.25, -0.2) is 0 Å². The minimum absolute atomic E-state index is 0.272. The molecular weight excluding hydrogens is 418 g/mol. The first-order valence-corrected chi connectivity index (χ1v) is 14.7. The summed E-state index contributed by atoms with van der Waals surface area (Å²) in [4.78, 5) is 14.6. The van der Waals surface area contributed by atoms with E-state index >= 15 is 0 Å². The molecule has 5 rings (SSSR count). The Morgan fingerprint density at radius 1 is 1.06 bits per heavy atom. The van der Waals surface area contributed by atoms with E-state index in [9.17, 15) is 4.79 Å². The Hall–Kier alpha value is -0.0900. The zero-order valence-corrected chi connectivity index (χ0v) is 21.7. The second-order valence-electron chi connectivity index (χ2n) is 12.3. The molecule has 5 fully saturated rings. The Balaban J connectivity index is 1.25. The SMILES string of the molecule is CC(CCC(=O)N1CCSC1=S)C1CCC2C3CCC4CCCCC4(C)C3CCC12C. The number of amides is 1. The van der Waals surface area contributed by atoms with Crippen LogP contribution < -0.4 is 0 Å². The highest BCUT2D eigenvalue weighted by atomic mass is 32.2. The van der Waals surface area contributed by atoms with Crippen molar-refractivity contribution in [3.05, 3.63) is 0 Å². The van der Waals surface area contributed by atoms with Gasteiger partial charge >= 0.3 is 0 Å². The van der Waals surface area contributed by atoms with Gasteiger partial charge in [-0.3, -0.25) is 9.69 Å². The van der Waals surface area contributed by atoms with Crippen molar-refractivity contribution < 1.29 is 4.79 Å². The van der Waals surface area contributed by atoms with Gasteiger partial charge in [0.25, 0.3) is 0 Å². The fourth-order valence-corrected chi connectivity index (χ4v) is 10.8. The van der Waals surface area contributed by atoms with E-state index < -0.39 is 0 Å². The van der Waals surface area contributed by atoms with Gasteiger partial charge in [-0.05, 0) is 104 Å². The topological polar surface area (TPSA) is 20.3 Å². The van der Waals surface area contributed by atoms with Crippen LogP contribution in [0.2, 0.25) is 0 Å². The molecule has 2 nitrogen and oxygen atoms in total. The molecule has 1 saturated heterocycles. The predicted octanol–water partition coefficient (Wildman–Crippen LogP) is 7.31. The maximum Gasteiger partial charge on any atom is 0.228 e. The standard InChI is InChI=1S/C27H43NOS2/c1-18(7-12-24(29)28-16-17-31-25(28)30)21-10-11-22-20-9-8-19-6-4-5-14-26(19,2)23(20)13-15-27(21,22)3/h18-23H,4-17H2,1-3H3. The zero-order valence-electron chi connectivity index (χ0n) is 20.0. The summed E-state index contributed by atoms with van der Waals surface area (Å²) in [5.41, 5.74) is 1.16. The number of thiocarbonyl (C=S) groups is 1. The van der Waals surface area contributed by atoms with Crippen LogP contribution in [0.25, 0.3) is 0 Å². The number of hydrogen-bond acceptors (Lipinski definition) is 3. The molecule has 8 unspecified atom stereocenters. The number of carbonyl (C=O) groups excluding carboxylic acids is 1. The summed E-state index contributed by atoms with van der Waals surface area (Å²) >= 11 is 7.03. The molecule has 0 aromatic carbocycles. The van der Waals surface area contributed by atoms with Crippen molar-refractivity contribution in [3.8, 4) is 0 Å². The van der Waals surface area contributed by atoms with E-state index in [1.165, 1.54) is 64.2 Å². The van der Waals surface area contributed by atoms with E-state index in [1.54, 1.807) is 11.8 Å². The highest BCUT2D eigenvalue weighted by Gasteiger charge is 2.60. The van der Waals surface area contributed by atoms with Gasteiger partial charge in [-0.15, -0.1) is 0 Å². The molecule has 0 bridgehead atoms. The molecule has 0 aromatic rings. The van der Waals surface area contributed by atoms with Crippen LogP contribution in [0.4, 0.5) is 0 Å². The number of nitrogens with zero attached hydrogens (tertiary/aromatic N) is 1. The van der Waals surface area contributed by atoms with Gasteiger partial charge in [0.15, 0.2) is 0 Å². The summed E-state index contributed by atoms with van der Waals surface area (Å²) in [6, 6.07) is 0. The zero-order chi connectivity index (χ0) is 21.8. The van der Waals surface area contributed by atoms with Crippen molar-refractivity contribution >= 4 is 34.2 Å². The van der Waals surface area contributed by atoms with E-state index in [4.69, 9.17) is 12.2 Å². The highest BCUT2D eigenvalue weighted by Crippen LogP contribution is 2.68. The molecule has 0 aromatic heterocycles. The normalized spacial score (nSPS) is 45.7. The summed E-state index contributed by atoms with van der Waals surface area (Å²) in [5, 5.41) is 0. The second-order valence-corrected chi connectivity index (χ2v) is 14.0. The van der Waals surface area contributed by atoms with Gasteiger partial charge in [0, 0.05) is 18.7 Å². The summed E-state index contributed by atoms with van der Waals surface area (Å²) in [6.07, 6.45) is 16.5. The Kier molecular flexibility index (Phi) is 6.30. The lowest BCUT2D eigenvalue weighted by Gasteiger charge is -2.61. The first kappa shape index (κ1) is 22.7. The van der Waals surface area contributed by atoms with E-state index in [2.05, 4.69) is 20.8 Å². The van der Waals surface area contributed by atoms with Crippen molar-refractivity contribution in [2.45, 2.75) is 97.8 Å². The van der Waals surface area contributed by atoms with Crippen molar-refractivity contribution in [2.24, 2.45) is 46.3 Å². The van der Waals surface area contributed by atoms with E-state index in [0.29, 0.717) is 23.2 Å². The minimum atomic E-state index is 0.272. The van der Waals surface area contributed by atoms with E-state index in [0.717, 1.165) is 52.6 Å². The van der Waals surface area contributed by atoms with Crippen molar-refractivity contribution in [2.75, 3.05) is 12.3 Å². The fraction of sp³-hybridized carbons (Fsp3) is 0.926. The van der Waals surface area contributed by atoms with Gasteiger partial charge < -0.3 is 0 Å². The van der Waals surface area contributed by atoms with Gasteiger partial charge in [0.2, 0.25) is 5.91 Å². The van der Waals surface area contributed by atoms with Crippen LogP contribution in [0.3, 0.4) is 0 Å². The molecule has 8 atom stereocenters. The molecule has 0 radical (unpaired) electrons. The fourth-order valence-electron chi connectivity index (χ4n) is 9.58. The Morgan fingerprint density at radius 2 is 1.87 bits per heavy atom. The van der Waals surface area contributed by atoms with Crippen molar-refractivity contribution in [1.29, 1.82) is 0 Å². The number of rotatable bonds is 4. The number of hydrogen-bond donors (Lipinski definition) is 0. The lowest BCUT2D eigenvalue weighted by Crippen LogP contribution is -2.53. The number of thioether (sulfide) groups is 1. The lowest BCUT2D eigenvalue weighted by atomic mass is 9.44. The van der Waals surface area contributed by atoms with Crippen LogP contribution in [-0.2, 0) is 4.79 Å². The van der Waals surface area contributed by atoms with Crippen LogP contribution in [0, 0.1) is 46.3 Å². The molecule has 31 heavy (non-hydrogen) atoms. The van der Waals surface area contributed by atoms with Gasteiger partial charge in [-0.2, -0.15) is 0 Å².